The van der Waals surface area contributed by atoms with Crippen molar-refractivity contribution >= 4 is 5.91 Å². The molecule has 1 aromatic carbocycles. The lowest BCUT2D eigenvalue weighted by molar-refractivity contribution is -0.123. The van der Waals surface area contributed by atoms with Gasteiger partial charge in [-0.3, -0.25) is 4.79 Å². The zero-order valence-electron chi connectivity index (χ0n) is 15.8. The Morgan fingerprint density at radius 2 is 2.00 bits per heavy atom. The molecule has 0 heterocycles. The number of nitrogens with one attached hydrogen (secondary N) is 1. The third kappa shape index (κ3) is 6.58. The quantitative estimate of drug-likeness (QED) is 0.697. The van der Waals surface area contributed by atoms with Gasteiger partial charge in [0.05, 0.1) is 7.11 Å². The molecule has 2 rings (SSSR count). The van der Waals surface area contributed by atoms with Crippen molar-refractivity contribution in [2.24, 2.45) is 0 Å². The number of rotatable bonds is 9. The fourth-order valence-corrected chi connectivity index (χ4v) is 3.35. The van der Waals surface area contributed by atoms with Gasteiger partial charge in [-0.1, -0.05) is 25.3 Å². The summed E-state index contributed by atoms with van der Waals surface area (Å²) in [5.74, 6) is 1.16. The van der Waals surface area contributed by atoms with E-state index < -0.39 is 0 Å². The van der Waals surface area contributed by atoms with E-state index in [1.807, 2.05) is 25.1 Å². The molecule has 5 heteroatoms. The van der Waals surface area contributed by atoms with Gasteiger partial charge in [0.1, 0.15) is 0 Å². The monoisotopic (exact) mass is 348 g/mol. The molecular formula is C20H32N2O3. The highest BCUT2D eigenvalue weighted by Crippen LogP contribution is 2.27. The molecule has 25 heavy (non-hydrogen) atoms. The smallest absolute Gasteiger partial charge is 0.257 e. The fraction of sp³-hybridized carbons (Fsp3) is 0.650. The number of carbonyl (C=O) groups excluding carboxylic acids is 1. The van der Waals surface area contributed by atoms with Crippen molar-refractivity contribution in [3.05, 3.63) is 23.8 Å². The van der Waals surface area contributed by atoms with Crippen LogP contribution >= 0.6 is 0 Å². The van der Waals surface area contributed by atoms with Crippen LogP contribution in [0.15, 0.2) is 18.2 Å². The summed E-state index contributed by atoms with van der Waals surface area (Å²) in [6.07, 6.45) is 7.68. The minimum absolute atomic E-state index is 0.0118. The molecule has 5 nitrogen and oxygen atoms in total. The fourth-order valence-electron chi connectivity index (χ4n) is 3.35. The number of ether oxygens (including phenoxy) is 2. The molecule has 0 saturated heterocycles. The Morgan fingerprint density at radius 3 is 2.72 bits per heavy atom. The van der Waals surface area contributed by atoms with Gasteiger partial charge in [0.15, 0.2) is 18.1 Å². The van der Waals surface area contributed by atoms with E-state index in [4.69, 9.17) is 9.47 Å². The van der Waals surface area contributed by atoms with Crippen molar-refractivity contribution in [2.75, 3.05) is 33.9 Å². The number of benzene rings is 1. The number of amides is 1. The summed E-state index contributed by atoms with van der Waals surface area (Å²) in [5, 5.41) is 2.93. The summed E-state index contributed by atoms with van der Waals surface area (Å²) in [6.45, 7) is 3.71. The maximum atomic E-state index is 11.9. The van der Waals surface area contributed by atoms with Crippen molar-refractivity contribution in [1.29, 1.82) is 0 Å². The molecule has 0 atom stereocenters. The van der Waals surface area contributed by atoms with E-state index in [0.29, 0.717) is 18.0 Å². The molecule has 0 radical (unpaired) electrons. The Morgan fingerprint density at radius 1 is 1.24 bits per heavy atom. The molecule has 0 bridgehead atoms. The second-order valence-electron chi connectivity index (χ2n) is 6.92. The van der Waals surface area contributed by atoms with E-state index in [9.17, 15) is 4.79 Å². The van der Waals surface area contributed by atoms with Gasteiger partial charge >= 0.3 is 0 Å². The van der Waals surface area contributed by atoms with Gasteiger partial charge < -0.3 is 19.7 Å². The molecule has 0 aliphatic heterocycles. The first-order chi connectivity index (χ1) is 12.1. The Balaban J connectivity index is 1.62. The number of nitrogens with zero attached hydrogens (tertiary/aromatic N) is 1. The number of carbonyl (C=O) groups is 1. The molecular weight excluding hydrogens is 316 g/mol. The molecule has 1 amide bonds. The maximum Gasteiger partial charge on any atom is 0.257 e. The van der Waals surface area contributed by atoms with E-state index in [1.165, 1.54) is 32.1 Å². The average Bonchev–Trinajstić information content (AvgIpc) is 2.64. The van der Waals surface area contributed by atoms with Crippen LogP contribution in [0.5, 0.6) is 11.5 Å². The molecule has 1 N–H and O–H groups in total. The first kappa shape index (κ1) is 19.6. The van der Waals surface area contributed by atoms with Crippen LogP contribution in [-0.4, -0.2) is 50.7 Å². The first-order valence-electron chi connectivity index (χ1n) is 9.34. The molecule has 0 unspecified atom stereocenters. The lowest BCUT2D eigenvalue weighted by atomic mass is 9.94. The largest absolute Gasteiger partial charge is 0.493 e. The topological polar surface area (TPSA) is 50.8 Å². The van der Waals surface area contributed by atoms with Crippen LogP contribution in [0, 0.1) is 6.92 Å². The molecule has 0 aromatic heterocycles. The van der Waals surface area contributed by atoms with Gasteiger partial charge in [-0.2, -0.15) is 0 Å². The van der Waals surface area contributed by atoms with Crippen molar-refractivity contribution in [2.45, 2.75) is 51.5 Å². The van der Waals surface area contributed by atoms with Gasteiger partial charge in [0, 0.05) is 12.6 Å². The minimum Gasteiger partial charge on any atom is -0.493 e. The van der Waals surface area contributed by atoms with Crippen LogP contribution in [-0.2, 0) is 4.79 Å². The predicted molar refractivity (Wildman–Crippen MR) is 100 cm³/mol. The highest BCUT2D eigenvalue weighted by molar-refractivity contribution is 5.77. The van der Waals surface area contributed by atoms with Gasteiger partial charge in [0.2, 0.25) is 0 Å². The summed E-state index contributed by atoms with van der Waals surface area (Å²) < 4.78 is 10.8. The second kappa shape index (κ2) is 10.3. The summed E-state index contributed by atoms with van der Waals surface area (Å²) in [6, 6.07) is 6.40. The van der Waals surface area contributed by atoms with Gasteiger partial charge in [-0.05, 0) is 57.5 Å². The van der Waals surface area contributed by atoms with Crippen LogP contribution < -0.4 is 14.8 Å². The van der Waals surface area contributed by atoms with Crippen LogP contribution in [0.2, 0.25) is 0 Å². The lowest BCUT2D eigenvalue weighted by Gasteiger charge is -2.31. The highest BCUT2D eigenvalue weighted by Gasteiger charge is 2.17. The maximum absolute atomic E-state index is 11.9. The van der Waals surface area contributed by atoms with Crippen LogP contribution in [0.3, 0.4) is 0 Å². The number of hydrogen-bond acceptors (Lipinski definition) is 4. The summed E-state index contributed by atoms with van der Waals surface area (Å²) >= 11 is 0. The van der Waals surface area contributed by atoms with E-state index >= 15 is 0 Å². The summed E-state index contributed by atoms with van der Waals surface area (Å²) in [4.78, 5) is 14.4. The lowest BCUT2D eigenvalue weighted by Crippen LogP contribution is -2.36. The molecule has 1 saturated carbocycles. The van der Waals surface area contributed by atoms with Crippen molar-refractivity contribution in [3.63, 3.8) is 0 Å². The van der Waals surface area contributed by atoms with E-state index in [0.717, 1.165) is 24.6 Å². The van der Waals surface area contributed by atoms with Gasteiger partial charge in [-0.15, -0.1) is 0 Å². The number of aryl methyl sites for hydroxylation is 1. The molecule has 0 spiro atoms. The zero-order chi connectivity index (χ0) is 18.1. The molecule has 1 aliphatic rings. The molecule has 1 aromatic rings. The highest BCUT2D eigenvalue weighted by atomic mass is 16.5. The SMILES string of the molecule is COc1cc(C)ccc1OCC(=O)NCCCN(C)C1CCCCC1. The van der Waals surface area contributed by atoms with Gasteiger partial charge in [0.25, 0.3) is 5.91 Å². The zero-order valence-corrected chi connectivity index (χ0v) is 15.8. The number of methoxy groups -OCH3 is 1. The molecule has 1 fully saturated rings. The van der Waals surface area contributed by atoms with Crippen LogP contribution in [0.1, 0.15) is 44.1 Å². The third-order valence-electron chi connectivity index (χ3n) is 4.89. The second-order valence-corrected chi connectivity index (χ2v) is 6.92. The third-order valence-corrected chi connectivity index (χ3v) is 4.89. The molecule has 140 valence electrons. The molecule has 1 aliphatic carbocycles. The van der Waals surface area contributed by atoms with Crippen molar-refractivity contribution < 1.29 is 14.3 Å². The van der Waals surface area contributed by atoms with Gasteiger partial charge in [-0.25, -0.2) is 0 Å². The normalized spacial score (nSPS) is 15.2. The summed E-state index contributed by atoms with van der Waals surface area (Å²) in [7, 11) is 3.80. The van der Waals surface area contributed by atoms with E-state index in [1.54, 1.807) is 7.11 Å². The standard InChI is InChI=1S/C20H32N2O3/c1-16-10-11-18(19(14-16)24-3)25-15-20(23)21-12-7-13-22(2)17-8-5-4-6-9-17/h10-11,14,17H,4-9,12-13,15H2,1-3H3,(H,21,23). The Hall–Kier alpha value is -1.75. The van der Waals surface area contributed by atoms with E-state index in [2.05, 4.69) is 17.3 Å². The predicted octanol–water partition coefficient (Wildman–Crippen LogP) is 3.15. The van der Waals surface area contributed by atoms with Crippen LogP contribution in [0.4, 0.5) is 0 Å². The number of hydrogen-bond donors (Lipinski definition) is 1. The van der Waals surface area contributed by atoms with E-state index in [-0.39, 0.29) is 12.5 Å². The first-order valence-corrected chi connectivity index (χ1v) is 9.34. The Labute approximate surface area is 151 Å². The Kier molecular flexibility index (Phi) is 8.06. The Bertz CT molecular complexity index is 542. The van der Waals surface area contributed by atoms with Crippen molar-refractivity contribution in [1.82, 2.24) is 10.2 Å². The van der Waals surface area contributed by atoms with Crippen molar-refractivity contribution in [3.8, 4) is 11.5 Å². The minimum atomic E-state index is -0.0945. The summed E-state index contributed by atoms with van der Waals surface area (Å²) in [5.41, 5.74) is 1.09. The van der Waals surface area contributed by atoms with Crippen LogP contribution in [0.25, 0.3) is 0 Å². The average molecular weight is 348 g/mol.